The lowest BCUT2D eigenvalue weighted by atomic mass is 10.0. The smallest absolute Gasteiger partial charge is 0.123 e. The Hall–Kier alpha value is -2.74. The molecule has 0 aliphatic heterocycles. The standard InChI is InChI=1S/C21H20FN/c1-4-7-18(14-17(3)21-8-5-6-13-23-21)10-11-19-15-20(22)12-9-16(19)2/h4-15H,3H2,1-2H3/b7-4-,11-10+,18-14+. The summed E-state index contributed by atoms with van der Waals surface area (Å²) in [5, 5.41) is 0. The molecule has 2 aromatic rings. The second kappa shape index (κ2) is 8.04. The molecule has 0 unspecified atom stereocenters. The van der Waals surface area contributed by atoms with Crippen molar-refractivity contribution in [2.75, 3.05) is 0 Å². The molecule has 0 saturated heterocycles. The highest BCUT2D eigenvalue weighted by atomic mass is 19.1. The van der Waals surface area contributed by atoms with E-state index in [9.17, 15) is 4.39 Å². The molecule has 1 aromatic carbocycles. The summed E-state index contributed by atoms with van der Waals surface area (Å²) in [6.45, 7) is 7.99. The summed E-state index contributed by atoms with van der Waals surface area (Å²) in [6, 6.07) is 10.5. The van der Waals surface area contributed by atoms with Crippen molar-refractivity contribution in [3.8, 4) is 0 Å². The van der Waals surface area contributed by atoms with Crippen LogP contribution >= 0.6 is 0 Å². The maximum absolute atomic E-state index is 13.4. The van der Waals surface area contributed by atoms with Gasteiger partial charge in [-0.2, -0.15) is 0 Å². The van der Waals surface area contributed by atoms with Crippen molar-refractivity contribution < 1.29 is 4.39 Å². The van der Waals surface area contributed by atoms with Gasteiger partial charge in [-0.15, -0.1) is 0 Å². The fourth-order valence-electron chi connectivity index (χ4n) is 2.15. The van der Waals surface area contributed by atoms with Gasteiger partial charge in [0.15, 0.2) is 0 Å². The zero-order valence-corrected chi connectivity index (χ0v) is 13.5. The molecule has 0 aliphatic rings. The second-order valence-corrected chi connectivity index (χ2v) is 5.22. The minimum absolute atomic E-state index is 0.232. The van der Waals surface area contributed by atoms with E-state index >= 15 is 0 Å². The Morgan fingerprint density at radius 2 is 2.00 bits per heavy atom. The largest absolute Gasteiger partial charge is 0.256 e. The van der Waals surface area contributed by atoms with E-state index in [0.29, 0.717) is 0 Å². The highest BCUT2D eigenvalue weighted by Gasteiger charge is 1.99. The van der Waals surface area contributed by atoms with Crippen molar-refractivity contribution in [3.05, 3.63) is 102 Å². The molecule has 0 saturated carbocycles. The van der Waals surface area contributed by atoms with Crippen LogP contribution in [-0.4, -0.2) is 4.98 Å². The Balaban J connectivity index is 2.28. The number of hydrogen-bond donors (Lipinski definition) is 0. The molecule has 2 heteroatoms. The average Bonchev–Trinajstić information content (AvgIpc) is 2.56. The summed E-state index contributed by atoms with van der Waals surface area (Å²) < 4.78 is 13.4. The quantitative estimate of drug-likeness (QED) is 0.640. The predicted molar refractivity (Wildman–Crippen MR) is 96.3 cm³/mol. The summed E-state index contributed by atoms with van der Waals surface area (Å²) in [5.74, 6) is -0.232. The molecule has 116 valence electrons. The number of benzene rings is 1. The summed E-state index contributed by atoms with van der Waals surface area (Å²) >= 11 is 0. The Bertz CT molecular complexity index is 768. The topological polar surface area (TPSA) is 12.9 Å². The third kappa shape index (κ3) is 4.89. The molecule has 23 heavy (non-hydrogen) atoms. The molecule has 1 aromatic heterocycles. The van der Waals surface area contributed by atoms with Crippen molar-refractivity contribution in [3.63, 3.8) is 0 Å². The molecule has 0 fully saturated rings. The molecular formula is C21H20FN. The van der Waals surface area contributed by atoms with Gasteiger partial charge in [0.25, 0.3) is 0 Å². The fourth-order valence-corrected chi connectivity index (χ4v) is 2.15. The maximum Gasteiger partial charge on any atom is 0.123 e. The number of pyridine rings is 1. The van der Waals surface area contributed by atoms with Crippen LogP contribution in [0, 0.1) is 12.7 Å². The Morgan fingerprint density at radius 3 is 2.70 bits per heavy atom. The van der Waals surface area contributed by atoms with Crippen LogP contribution in [0.3, 0.4) is 0 Å². The summed E-state index contributed by atoms with van der Waals surface area (Å²) in [6.07, 6.45) is 11.5. The van der Waals surface area contributed by atoms with Crippen molar-refractivity contribution >= 4 is 11.6 Å². The first-order chi connectivity index (χ1) is 11.1. The second-order valence-electron chi connectivity index (χ2n) is 5.22. The van der Waals surface area contributed by atoms with Gasteiger partial charge in [0.2, 0.25) is 0 Å². The van der Waals surface area contributed by atoms with E-state index < -0.39 is 0 Å². The van der Waals surface area contributed by atoms with Gasteiger partial charge in [-0.3, -0.25) is 4.98 Å². The van der Waals surface area contributed by atoms with Crippen LogP contribution < -0.4 is 0 Å². The molecule has 0 radical (unpaired) electrons. The van der Waals surface area contributed by atoms with Gasteiger partial charge in [-0.1, -0.05) is 43.0 Å². The van der Waals surface area contributed by atoms with Crippen LogP contribution in [0.1, 0.15) is 23.7 Å². The van der Waals surface area contributed by atoms with Gasteiger partial charge in [0, 0.05) is 6.20 Å². The van der Waals surface area contributed by atoms with Crippen LogP contribution in [0.5, 0.6) is 0 Å². The van der Waals surface area contributed by atoms with Crippen molar-refractivity contribution in [2.45, 2.75) is 13.8 Å². The van der Waals surface area contributed by atoms with E-state index in [2.05, 4.69) is 11.6 Å². The molecule has 0 atom stereocenters. The number of hydrogen-bond acceptors (Lipinski definition) is 1. The first kappa shape index (κ1) is 16.6. The summed E-state index contributed by atoms with van der Waals surface area (Å²) in [4.78, 5) is 4.29. The number of allylic oxidation sites excluding steroid dienone is 6. The van der Waals surface area contributed by atoms with E-state index in [1.807, 2.05) is 62.4 Å². The van der Waals surface area contributed by atoms with Crippen molar-refractivity contribution in [2.24, 2.45) is 0 Å². The number of nitrogens with zero attached hydrogens (tertiary/aromatic N) is 1. The van der Waals surface area contributed by atoms with Crippen molar-refractivity contribution in [1.82, 2.24) is 4.98 Å². The first-order valence-electron chi connectivity index (χ1n) is 7.49. The van der Waals surface area contributed by atoms with Crippen LogP contribution in [0.15, 0.2) is 79.1 Å². The van der Waals surface area contributed by atoms with Gasteiger partial charge in [0.1, 0.15) is 5.82 Å². The van der Waals surface area contributed by atoms with Gasteiger partial charge in [-0.25, -0.2) is 4.39 Å². The lowest BCUT2D eigenvalue weighted by molar-refractivity contribution is 0.627. The van der Waals surface area contributed by atoms with E-state index in [1.165, 1.54) is 12.1 Å². The van der Waals surface area contributed by atoms with E-state index in [0.717, 1.165) is 28.0 Å². The van der Waals surface area contributed by atoms with Crippen LogP contribution in [0.25, 0.3) is 11.6 Å². The first-order valence-corrected chi connectivity index (χ1v) is 7.49. The zero-order chi connectivity index (χ0) is 16.7. The number of aryl methyl sites for hydroxylation is 1. The number of halogens is 1. The van der Waals surface area contributed by atoms with Crippen LogP contribution in [0.2, 0.25) is 0 Å². The van der Waals surface area contributed by atoms with Gasteiger partial charge in [0.05, 0.1) is 5.69 Å². The zero-order valence-electron chi connectivity index (χ0n) is 13.5. The molecule has 1 nitrogen and oxygen atoms in total. The van der Waals surface area contributed by atoms with E-state index in [1.54, 1.807) is 12.3 Å². The normalized spacial score (nSPS) is 12.2. The highest BCUT2D eigenvalue weighted by Crippen LogP contribution is 2.17. The molecule has 0 aliphatic carbocycles. The molecule has 0 spiro atoms. The fraction of sp³-hybridized carbons (Fsp3) is 0.0952. The maximum atomic E-state index is 13.4. The number of aromatic nitrogens is 1. The third-order valence-corrected chi connectivity index (χ3v) is 3.39. The minimum atomic E-state index is -0.232. The monoisotopic (exact) mass is 305 g/mol. The Morgan fingerprint density at radius 1 is 1.17 bits per heavy atom. The average molecular weight is 305 g/mol. The molecule has 0 N–H and O–H groups in total. The minimum Gasteiger partial charge on any atom is -0.256 e. The highest BCUT2D eigenvalue weighted by molar-refractivity contribution is 5.72. The lowest BCUT2D eigenvalue weighted by Crippen LogP contribution is -1.86. The molecule has 1 heterocycles. The van der Waals surface area contributed by atoms with Gasteiger partial charge >= 0.3 is 0 Å². The predicted octanol–water partition coefficient (Wildman–Crippen LogP) is 5.76. The van der Waals surface area contributed by atoms with E-state index in [4.69, 9.17) is 0 Å². The molecule has 0 bridgehead atoms. The van der Waals surface area contributed by atoms with Crippen molar-refractivity contribution in [1.29, 1.82) is 0 Å². The molecular weight excluding hydrogens is 285 g/mol. The SMILES string of the molecule is C=C(/C=C(\C=C/C)/C=C/c1cc(F)ccc1C)c1ccccn1. The lowest BCUT2D eigenvalue weighted by Gasteiger charge is -2.02. The summed E-state index contributed by atoms with van der Waals surface area (Å²) in [5.41, 5.74) is 4.55. The summed E-state index contributed by atoms with van der Waals surface area (Å²) in [7, 11) is 0. The number of rotatable bonds is 5. The Labute approximate surface area is 137 Å². The molecule has 0 amide bonds. The van der Waals surface area contributed by atoms with Gasteiger partial charge < -0.3 is 0 Å². The van der Waals surface area contributed by atoms with Crippen LogP contribution in [0.4, 0.5) is 4.39 Å². The third-order valence-electron chi connectivity index (χ3n) is 3.39. The molecule has 2 rings (SSSR count). The van der Waals surface area contributed by atoms with E-state index in [-0.39, 0.29) is 5.82 Å². The Kier molecular flexibility index (Phi) is 5.81. The van der Waals surface area contributed by atoms with Crippen LogP contribution in [-0.2, 0) is 0 Å². The van der Waals surface area contributed by atoms with Gasteiger partial charge in [-0.05, 0) is 66.5 Å².